The van der Waals surface area contributed by atoms with Gasteiger partial charge in [-0.3, -0.25) is 9.59 Å². The maximum atomic E-state index is 12.5. The first-order valence-electron chi connectivity index (χ1n) is 7.43. The Hall–Kier alpha value is -2.39. The van der Waals surface area contributed by atoms with E-state index in [1.54, 1.807) is 29.2 Å². The van der Waals surface area contributed by atoms with Crippen molar-refractivity contribution in [1.82, 2.24) is 10.2 Å². The molecule has 1 aromatic rings. The third-order valence-corrected chi connectivity index (χ3v) is 3.78. The van der Waals surface area contributed by atoms with E-state index in [1.807, 2.05) is 6.07 Å². The lowest BCUT2D eigenvalue weighted by atomic mass is 9.96. The van der Waals surface area contributed by atoms with E-state index < -0.39 is 0 Å². The van der Waals surface area contributed by atoms with Crippen LogP contribution in [-0.4, -0.2) is 42.9 Å². The van der Waals surface area contributed by atoms with Gasteiger partial charge >= 0.3 is 0 Å². The van der Waals surface area contributed by atoms with Crippen LogP contribution in [0.4, 0.5) is 0 Å². The zero-order valence-electron chi connectivity index (χ0n) is 12.4. The van der Waals surface area contributed by atoms with Crippen LogP contribution in [0, 0.1) is 17.2 Å². The van der Waals surface area contributed by atoms with Crippen LogP contribution in [0.15, 0.2) is 24.3 Å². The topological polar surface area (TPSA) is 99.2 Å². The van der Waals surface area contributed by atoms with Crippen LogP contribution in [-0.2, 0) is 4.79 Å². The quantitative estimate of drug-likeness (QED) is 0.845. The Balaban J connectivity index is 2.00. The van der Waals surface area contributed by atoms with E-state index in [2.05, 4.69) is 5.32 Å². The summed E-state index contributed by atoms with van der Waals surface area (Å²) in [4.78, 5) is 26.2. The normalized spacial score (nSPS) is 17.6. The van der Waals surface area contributed by atoms with Crippen LogP contribution in [0.3, 0.4) is 0 Å². The molecule has 2 amide bonds. The third kappa shape index (κ3) is 3.83. The zero-order valence-corrected chi connectivity index (χ0v) is 12.4. The van der Waals surface area contributed by atoms with Gasteiger partial charge in [0.1, 0.15) is 0 Å². The van der Waals surface area contributed by atoms with E-state index in [4.69, 9.17) is 11.0 Å². The highest BCUT2D eigenvalue weighted by Crippen LogP contribution is 2.19. The standard InChI is InChI=1S/C16H20N4O2/c17-7-8-19-15(21)14-2-1-9-20(11-14)16(22)13-5-3-12(10-18)4-6-13/h3-6,14H,1-2,7-9,11,17H2,(H,19,21). The molecule has 1 aliphatic rings. The highest BCUT2D eigenvalue weighted by Gasteiger charge is 2.28. The average Bonchev–Trinajstić information content (AvgIpc) is 2.59. The summed E-state index contributed by atoms with van der Waals surface area (Å²) in [5.74, 6) is -0.314. The molecule has 116 valence electrons. The van der Waals surface area contributed by atoms with Crippen molar-refractivity contribution < 1.29 is 9.59 Å². The monoisotopic (exact) mass is 300 g/mol. The smallest absolute Gasteiger partial charge is 0.253 e. The number of hydrogen-bond acceptors (Lipinski definition) is 4. The van der Waals surface area contributed by atoms with Crippen molar-refractivity contribution in [2.24, 2.45) is 11.7 Å². The van der Waals surface area contributed by atoms with Gasteiger partial charge in [-0.05, 0) is 37.1 Å². The number of hydrogen-bond donors (Lipinski definition) is 2. The minimum absolute atomic E-state index is 0.0391. The van der Waals surface area contributed by atoms with E-state index in [9.17, 15) is 9.59 Å². The molecule has 0 aliphatic carbocycles. The van der Waals surface area contributed by atoms with Gasteiger partial charge in [0, 0.05) is 31.7 Å². The predicted octanol–water partition coefficient (Wildman–Crippen LogP) is 0.485. The summed E-state index contributed by atoms with van der Waals surface area (Å²) >= 11 is 0. The van der Waals surface area contributed by atoms with Gasteiger partial charge in [-0.2, -0.15) is 5.26 Å². The fourth-order valence-electron chi connectivity index (χ4n) is 2.59. The summed E-state index contributed by atoms with van der Waals surface area (Å²) in [7, 11) is 0. The highest BCUT2D eigenvalue weighted by molar-refractivity contribution is 5.94. The number of nitrogens with zero attached hydrogens (tertiary/aromatic N) is 2. The lowest BCUT2D eigenvalue weighted by Gasteiger charge is -2.32. The Kier molecular flexibility index (Phi) is 5.50. The molecule has 6 nitrogen and oxygen atoms in total. The summed E-state index contributed by atoms with van der Waals surface area (Å²) in [6.45, 7) is 1.94. The van der Waals surface area contributed by atoms with Crippen LogP contribution >= 0.6 is 0 Å². The van der Waals surface area contributed by atoms with Crippen molar-refractivity contribution in [3.63, 3.8) is 0 Å². The van der Waals surface area contributed by atoms with E-state index in [1.165, 1.54) is 0 Å². The van der Waals surface area contributed by atoms with Crippen molar-refractivity contribution in [2.75, 3.05) is 26.2 Å². The summed E-state index contributed by atoms with van der Waals surface area (Å²) in [5, 5.41) is 11.6. The van der Waals surface area contributed by atoms with Gasteiger partial charge in [0.25, 0.3) is 5.91 Å². The molecule has 2 rings (SSSR count). The summed E-state index contributed by atoms with van der Waals surface area (Å²) in [6, 6.07) is 8.58. The molecule has 6 heteroatoms. The van der Waals surface area contributed by atoms with E-state index in [0.29, 0.717) is 37.3 Å². The maximum Gasteiger partial charge on any atom is 0.253 e. The molecule has 0 bridgehead atoms. The van der Waals surface area contributed by atoms with Crippen LogP contribution in [0.1, 0.15) is 28.8 Å². The Labute approximate surface area is 129 Å². The molecule has 1 atom stereocenters. The fraction of sp³-hybridized carbons (Fsp3) is 0.438. The first-order chi connectivity index (χ1) is 10.7. The molecule has 1 aromatic carbocycles. The number of nitrogens with two attached hydrogens (primary N) is 1. The molecular weight excluding hydrogens is 280 g/mol. The minimum Gasteiger partial charge on any atom is -0.355 e. The Morgan fingerprint density at radius 1 is 1.36 bits per heavy atom. The number of rotatable bonds is 4. The lowest BCUT2D eigenvalue weighted by Crippen LogP contribution is -2.46. The molecule has 1 saturated heterocycles. The molecule has 1 fully saturated rings. The second-order valence-electron chi connectivity index (χ2n) is 5.36. The lowest BCUT2D eigenvalue weighted by molar-refractivity contribution is -0.126. The molecule has 1 aliphatic heterocycles. The number of nitriles is 1. The number of nitrogens with one attached hydrogen (secondary N) is 1. The number of likely N-dealkylation sites (tertiary alicyclic amines) is 1. The van der Waals surface area contributed by atoms with Gasteiger partial charge in [-0.25, -0.2) is 0 Å². The molecule has 3 N–H and O–H groups in total. The zero-order chi connectivity index (χ0) is 15.9. The van der Waals surface area contributed by atoms with E-state index in [-0.39, 0.29) is 17.7 Å². The number of piperidine rings is 1. The van der Waals surface area contributed by atoms with Crippen LogP contribution in [0.25, 0.3) is 0 Å². The number of carbonyl (C=O) groups is 2. The van der Waals surface area contributed by atoms with Gasteiger partial charge in [-0.15, -0.1) is 0 Å². The van der Waals surface area contributed by atoms with Crippen molar-refractivity contribution >= 4 is 11.8 Å². The first kappa shape index (κ1) is 16.0. The average molecular weight is 300 g/mol. The Morgan fingerprint density at radius 3 is 2.73 bits per heavy atom. The molecule has 1 heterocycles. The summed E-state index contributed by atoms with van der Waals surface area (Å²) in [5.41, 5.74) is 6.45. The van der Waals surface area contributed by atoms with Crippen molar-refractivity contribution in [1.29, 1.82) is 5.26 Å². The van der Waals surface area contributed by atoms with Gasteiger partial charge < -0.3 is 16.0 Å². The molecule has 22 heavy (non-hydrogen) atoms. The van der Waals surface area contributed by atoms with Crippen molar-refractivity contribution in [3.8, 4) is 6.07 Å². The van der Waals surface area contributed by atoms with Gasteiger partial charge in [-0.1, -0.05) is 0 Å². The number of benzene rings is 1. The second kappa shape index (κ2) is 7.57. The van der Waals surface area contributed by atoms with E-state index in [0.717, 1.165) is 12.8 Å². The van der Waals surface area contributed by atoms with Crippen molar-refractivity contribution in [3.05, 3.63) is 35.4 Å². The molecule has 0 radical (unpaired) electrons. The Bertz CT molecular complexity index is 577. The predicted molar refractivity (Wildman–Crippen MR) is 81.8 cm³/mol. The SMILES string of the molecule is N#Cc1ccc(C(=O)N2CCCC(C(=O)NCCN)C2)cc1. The molecule has 0 saturated carbocycles. The van der Waals surface area contributed by atoms with Gasteiger partial charge in [0.2, 0.25) is 5.91 Å². The molecule has 1 unspecified atom stereocenters. The van der Waals surface area contributed by atoms with Crippen LogP contribution in [0.2, 0.25) is 0 Å². The second-order valence-corrected chi connectivity index (χ2v) is 5.36. The Morgan fingerprint density at radius 2 is 2.09 bits per heavy atom. The van der Waals surface area contributed by atoms with Crippen LogP contribution < -0.4 is 11.1 Å². The van der Waals surface area contributed by atoms with Gasteiger partial charge in [0.05, 0.1) is 17.6 Å². The molecular formula is C16H20N4O2. The third-order valence-electron chi connectivity index (χ3n) is 3.78. The summed E-state index contributed by atoms with van der Waals surface area (Å²) < 4.78 is 0. The number of carbonyl (C=O) groups excluding carboxylic acids is 2. The maximum absolute atomic E-state index is 12.5. The van der Waals surface area contributed by atoms with Crippen molar-refractivity contribution in [2.45, 2.75) is 12.8 Å². The minimum atomic E-state index is -0.178. The van der Waals surface area contributed by atoms with E-state index >= 15 is 0 Å². The highest BCUT2D eigenvalue weighted by atomic mass is 16.2. The molecule has 0 aromatic heterocycles. The molecule has 0 spiro atoms. The first-order valence-corrected chi connectivity index (χ1v) is 7.43. The fourth-order valence-corrected chi connectivity index (χ4v) is 2.59. The van der Waals surface area contributed by atoms with Gasteiger partial charge in [0.15, 0.2) is 0 Å². The summed E-state index contributed by atoms with van der Waals surface area (Å²) in [6.07, 6.45) is 1.59. The largest absolute Gasteiger partial charge is 0.355 e. The number of amides is 2. The van der Waals surface area contributed by atoms with Crippen LogP contribution in [0.5, 0.6) is 0 Å².